The second kappa shape index (κ2) is 11.0. The SMILES string of the molecule is O=C1C=CC(=O)OC2(NCCN(C(=O)CNC3CCN(Cc4ccccc4)CC3)C23OC(=O)C=CC(=O)O3)O1. The summed E-state index contributed by atoms with van der Waals surface area (Å²) in [7, 11) is 0. The third-order valence-corrected chi connectivity index (χ3v) is 6.82. The predicted octanol–water partition coefficient (Wildman–Crippen LogP) is -0.708. The van der Waals surface area contributed by atoms with Crippen LogP contribution in [0.25, 0.3) is 0 Å². The second-order valence-corrected chi connectivity index (χ2v) is 9.44. The van der Waals surface area contributed by atoms with Crippen LogP contribution in [-0.4, -0.2) is 90.2 Å². The van der Waals surface area contributed by atoms with Gasteiger partial charge in [-0.25, -0.2) is 24.5 Å². The summed E-state index contributed by atoms with van der Waals surface area (Å²) in [5.74, 6) is -10.3. The summed E-state index contributed by atoms with van der Waals surface area (Å²) in [6, 6.07) is 10.2. The number of nitrogens with one attached hydrogen (secondary N) is 2. The van der Waals surface area contributed by atoms with Crippen LogP contribution in [0.5, 0.6) is 0 Å². The third kappa shape index (κ3) is 5.55. The van der Waals surface area contributed by atoms with Crippen molar-refractivity contribution in [3.63, 3.8) is 0 Å². The molecule has 2 spiro atoms. The fourth-order valence-corrected chi connectivity index (χ4v) is 4.97. The first-order chi connectivity index (χ1) is 18.8. The molecule has 0 unspecified atom stereocenters. The van der Waals surface area contributed by atoms with Crippen LogP contribution in [0.4, 0.5) is 0 Å². The van der Waals surface area contributed by atoms with Crippen molar-refractivity contribution >= 4 is 29.8 Å². The zero-order chi connectivity index (χ0) is 27.5. The van der Waals surface area contributed by atoms with Gasteiger partial charge in [-0.15, -0.1) is 0 Å². The van der Waals surface area contributed by atoms with E-state index in [9.17, 15) is 24.0 Å². The van der Waals surface area contributed by atoms with Crippen LogP contribution < -0.4 is 10.6 Å². The number of benzene rings is 1. The molecule has 2 saturated heterocycles. The normalized spacial score (nSPS) is 23.0. The molecule has 1 aromatic carbocycles. The second-order valence-electron chi connectivity index (χ2n) is 9.44. The van der Waals surface area contributed by atoms with E-state index in [1.54, 1.807) is 0 Å². The van der Waals surface area contributed by atoms with Gasteiger partial charge in [0.2, 0.25) is 5.91 Å². The summed E-state index contributed by atoms with van der Waals surface area (Å²) >= 11 is 0. The molecule has 4 heterocycles. The summed E-state index contributed by atoms with van der Waals surface area (Å²) in [5.41, 5.74) is 1.23. The van der Waals surface area contributed by atoms with Gasteiger partial charge in [0.1, 0.15) is 0 Å². The van der Waals surface area contributed by atoms with E-state index in [0.29, 0.717) is 0 Å². The van der Waals surface area contributed by atoms with Crippen LogP contribution in [-0.2, 0) is 49.5 Å². The Balaban J connectivity index is 1.30. The van der Waals surface area contributed by atoms with Crippen molar-refractivity contribution in [3.05, 3.63) is 60.2 Å². The molecule has 0 radical (unpaired) electrons. The molecule has 2 N–H and O–H groups in total. The van der Waals surface area contributed by atoms with E-state index in [2.05, 4.69) is 27.7 Å². The van der Waals surface area contributed by atoms with E-state index in [4.69, 9.17) is 18.9 Å². The Hall–Kier alpha value is -4.07. The van der Waals surface area contributed by atoms with Gasteiger partial charge in [-0.1, -0.05) is 30.3 Å². The monoisotopic (exact) mass is 540 g/mol. The fourth-order valence-electron chi connectivity index (χ4n) is 4.97. The Bertz CT molecular complexity index is 1170. The zero-order valence-corrected chi connectivity index (χ0v) is 21.0. The minimum Gasteiger partial charge on any atom is -0.397 e. The largest absolute Gasteiger partial charge is 0.444 e. The van der Waals surface area contributed by atoms with Gasteiger partial charge in [-0.05, 0) is 31.5 Å². The number of hydrogen-bond donors (Lipinski definition) is 2. The van der Waals surface area contributed by atoms with Crippen LogP contribution in [0, 0.1) is 0 Å². The fraction of sp³-hybridized carbons (Fsp3) is 0.423. The number of piperidine rings is 1. The Morgan fingerprint density at radius 3 is 2.00 bits per heavy atom. The molecule has 0 saturated carbocycles. The summed E-state index contributed by atoms with van der Waals surface area (Å²) in [6.45, 7) is 2.14. The Kier molecular flexibility index (Phi) is 7.46. The standard InChI is InChI=1S/C26H28N4O9/c31-20(16-27-19-10-13-29(14-11-19)17-18-4-2-1-3-5-18)30-15-12-28-25(36-21(32)6-7-22(33)37-25)26(30)38-23(34)8-9-24(35)39-26/h1-9,19,27-28H,10-17H2. The number of likely N-dealkylation sites (tertiary alicyclic amines) is 1. The first-order valence-corrected chi connectivity index (χ1v) is 12.6. The minimum absolute atomic E-state index is 0.0347. The maximum Gasteiger partial charge on any atom is 0.444 e. The number of carbonyl (C=O) groups excluding carboxylic acids is 5. The Morgan fingerprint density at radius 2 is 1.41 bits per heavy atom. The average Bonchev–Trinajstić information content (AvgIpc) is 3.17. The van der Waals surface area contributed by atoms with Gasteiger partial charge in [0.15, 0.2) is 0 Å². The van der Waals surface area contributed by atoms with Crippen molar-refractivity contribution in [2.45, 2.75) is 37.3 Å². The molecule has 13 heteroatoms. The Morgan fingerprint density at radius 1 is 0.846 bits per heavy atom. The highest BCUT2D eigenvalue weighted by Gasteiger charge is 2.72. The number of nitrogens with zero attached hydrogens (tertiary/aromatic N) is 2. The van der Waals surface area contributed by atoms with Gasteiger partial charge in [0.05, 0.1) is 6.54 Å². The van der Waals surface area contributed by atoms with Crippen molar-refractivity contribution in [3.8, 4) is 0 Å². The molecular formula is C26H28N4O9. The molecule has 0 atom stereocenters. The molecule has 13 nitrogen and oxygen atoms in total. The molecule has 0 bridgehead atoms. The summed E-state index contributed by atoms with van der Waals surface area (Å²) < 4.78 is 21.4. The highest BCUT2D eigenvalue weighted by Crippen LogP contribution is 2.39. The molecule has 4 aliphatic heterocycles. The van der Waals surface area contributed by atoms with Gasteiger partial charge in [0.25, 0.3) is 0 Å². The van der Waals surface area contributed by atoms with E-state index in [1.807, 2.05) is 18.2 Å². The summed E-state index contributed by atoms with van der Waals surface area (Å²) in [6.07, 6.45) is 4.79. The molecule has 206 valence electrons. The molecule has 4 aliphatic rings. The van der Waals surface area contributed by atoms with E-state index < -0.39 is 41.6 Å². The van der Waals surface area contributed by atoms with E-state index in [1.165, 1.54) is 5.56 Å². The lowest BCUT2D eigenvalue weighted by molar-refractivity contribution is -0.419. The maximum absolute atomic E-state index is 13.5. The van der Waals surface area contributed by atoms with Gasteiger partial charge in [-0.3, -0.25) is 14.6 Å². The minimum atomic E-state index is -2.75. The first-order valence-electron chi connectivity index (χ1n) is 12.6. The molecule has 0 aliphatic carbocycles. The smallest absolute Gasteiger partial charge is 0.397 e. The van der Waals surface area contributed by atoms with Gasteiger partial charge >= 0.3 is 35.7 Å². The molecule has 1 amide bonds. The number of amides is 1. The highest BCUT2D eigenvalue weighted by molar-refractivity contribution is 5.95. The van der Waals surface area contributed by atoms with E-state index >= 15 is 0 Å². The van der Waals surface area contributed by atoms with E-state index in [-0.39, 0.29) is 25.7 Å². The lowest BCUT2D eigenvalue weighted by Gasteiger charge is -2.51. The number of ether oxygens (including phenoxy) is 4. The van der Waals surface area contributed by atoms with Crippen LogP contribution in [0.1, 0.15) is 18.4 Å². The predicted molar refractivity (Wildman–Crippen MR) is 131 cm³/mol. The van der Waals surface area contributed by atoms with Crippen LogP contribution in [0.3, 0.4) is 0 Å². The number of fused-ring (bicyclic) bond motifs is 1. The van der Waals surface area contributed by atoms with Gasteiger partial charge in [0, 0.05) is 50.0 Å². The molecule has 0 aromatic heterocycles. The highest BCUT2D eigenvalue weighted by atomic mass is 16.8. The van der Waals surface area contributed by atoms with Crippen LogP contribution in [0.2, 0.25) is 0 Å². The van der Waals surface area contributed by atoms with Crippen molar-refractivity contribution < 1.29 is 42.9 Å². The molecule has 2 fully saturated rings. The molecule has 1 aromatic rings. The quantitative estimate of drug-likeness (QED) is 0.454. The van der Waals surface area contributed by atoms with Crippen molar-refractivity contribution in [1.29, 1.82) is 0 Å². The Labute approximate surface area is 223 Å². The number of esters is 4. The van der Waals surface area contributed by atoms with Crippen LogP contribution in [0.15, 0.2) is 54.6 Å². The lowest BCUT2D eigenvalue weighted by Crippen LogP contribution is -2.81. The summed E-state index contributed by atoms with van der Waals surface area (Å²) in [5, 5.41) is 5.87. The van der Waals surface area contributed by atoms with Gasteiger partial charge in [-0.2, -0.15) is 0 Å². The maximum atomic E-state index is 13.5. The molecule has 39 heavy (non-hydrogen) atoms. The van der Waals surface area contributed by atoms with Crippen molar-refractivity contribution in [2.75, 3.05) is 32.7 Å². The lowest BCUT2D eigenvalue weighted by atomic mass is 10.0. The molecular weight excluding hydrogens is 512 g/mol. The third-order valence-electron chi connectivity index (χ3n) is 6.82. The number of rotatable bonds is 5. The van der Waals surface area contributed by atoms with Crippen LogP contribution >= 0.6 is 0 Å². The van der Waals surface area contributed by atoms with Crippen molar-refractivity contribution in [2.24, 2.45) is 0 Å². The number of carbonyl (C=O) groups is 5. The summed E-state index contributed by atoms with van der Waals surface area (Å²) in [4.78, 5) is 66.4. The average molecular weight is 541 g/mol. The topological polar surface area (TPSA) is 153 Å². The van der Waals surface area contributed by atoms with Crippen molar-refractivity contribution in [1.82, 2.24) is 20.4 Å². The van der Waals surface area contributed by atoms with E-state index in [0.717, 1.165) is 61.7 Å². The number of piperazine rings is 1. The first kappa shape index (κ1) is 26.5. The zero-order valence-electron chi connectivity index (χ0n) is 21.0. The number of hydrogen-bond acceptors (Lipinski definition) is 12. The molecule has 5 rings (SSSR count). The van der Waals surface area contributed by atoms with Gasteiger partial charge < -0.3 is 24.3 Å².